The molecule has 108 valence electrons. The van der Waals surface area contributed by atoms with Gasteiger partial charge in [-0.25, -0.2) is 0 Å². The van der Waals surface area contributed by atoms with Crippen molar-refractivity contribution >= 4 is 33.1 Å². The molecule has 0 fully saturated rings. The van der Waals surface area contributed by atoms with Gasteiger partial charge in [-0.05, 0) is 18.2 Å². The molecule has 1 amide bonds. The van der Waals surface area contributed by atoms with Crippen molar-refractivity contribution in [2.45, 2.75) is 11.8 Å². The molecule has 21 heavy (non-hydrogen) atoms. The number of carbonyl (C=O) groups excluding carboxylic acids is 1. The highest BCUT2D eigenvalue weighted by Gasteiger charge is 2.16. The van der Waals surface area contributed by atoms with Gasteiger partial charge in [-0.15, -0.1) is 0 Å². The van der Waals surface area contributed by atoms with E-state index >= 15 is 0 Å². The summed E-state index contributed by atoms with van der Waals surface area (Å²) < 4.78 is 31.5. The van der Waals surface area contributed by atoms with E-state index in [1.807, 2.05) is 0 Å². The Morgan fingerprint density at radius 1 is 1.33 bits per heavy atom. The predicted molar refractivity (Wildman–Crippen MR) is 72.8 cm³/mol. The molecule has 9 nitrogen and oxygen atoms in total. The number of amides is 1. The summed E-state index contributed by atoms with van der Waals surface area (Å²) in [6, 6.07) is 6.42. The third-order valence-electron chi connectivity index (χ3n) is 2.08. The van der Waals surface area contributed by atoms with Gasteiger partial charge in [-0.1, -0.05) is 0 Å². The van der Waals surface area contributed by atoms with Crippen LogP contribution < -0.4 is 10.7 Å². The van der Waals surface area contributed by atoms with Crippen molar-refractivity contribution in [3.63, 3.8) is 0 Å². The highest BCUT2D eigenvalue weighted by Crippen LogP contribution is 2.25. The van der Waals surface area contributed by atoms with Crippen LogP contribution >= 0.6 is 0 Å². The monoisotopic (exact) mass is 307 g/mol. The van der Waals surface area contributed by atoms with Gasteiger partial charge in [0.1, 0.15) is 17.0 Å². The van der Waals surface area contributed by atoms with E-state index in [1.54, 1.807) is 0 Å². The van der Waals surface area contributed by atoms with Crippen LogP contribution in [-0.2, 0) is 14.9 Å². The molecule has 0 atom stereocenters. The summed E-state index contributed by atoms with van der Waals surface area (Å²) in [6.45, 7) is 1.26. The lowest BCUT2D eigenvalue weighted by Gasteiger charge is -2.09. The van der Waals surface area contributed by atoms with Gasteiger partial charge < -0.3 is 5.32 Å². The Kier molecular flexibility index (Phi) is 4.96. The topological polar surface area (TPSA) is 155 Å². The van der Waals surface area contributed by atoms with Crippen LogP contribution in [0.2, 0.25) is 0 Å². The molecule has 0 unspecified atom stereocenters. The molecule has 0 radical (unpaired) electrons. The normalized spacial score (nSPS) is 9.90. The summed E-state index contributed by atoms with van der Waals surface area (Å²) >= 11 is 0. The number of rotatable bonds is 4. The highest BCUT2D eigenvalue weighted by molar-refractivity contribution is 7.86. The van der Waals surface area contributed by atoms with Gasteiger partial charge in [0.05, 0.1) is 5.69 Å². The Bertz CT molecular complexity index is 770. The quantitative estimate of drug-likeness (QED) is 0.420. The Labute approximate surface area is 120 Å². The van der Waals surface area contributed by atoms with Gasteiger partial charge in [0.2, 0.25) is 11.6 Å². The fourth-order valence-corrected chi connectivity index (χ4v) is 1.94. The Morgan fingerprint density at radius 2 is 1.95 bits per heavy atom. The van der Waals surface area contributed by atoms with Crippen LogP contribution in [0.4, 0.5) is 11.4 Å². The maximum atomic E-state index is 11.2. The second-order valence-corrected chi connectivity index (χ2v) is 5.05. The minimum atomic E-state index is -4.55. The molecule has 1 aromatic rings. The van der Waals surface area contributed by atoms with Crippen LogP contribution in [0.5, 0.6) is 0 Å². The average molecular weight is 307 g/mol. The Balaban J connectivity index is 3.31. The number of hydrazone groups is 1. The van der Waals surface area contributed by atoms with Crippen LogP contribution in [-0.4, -0.2) is 24.6 Å². The molecule has 0 saturated carbocycles. The zero-order valence-corrected chi connectivity index (χ0v) is 11.5. The molecule has 0 spiro atoms. The van der Waals surface area contributed by atoms with E-state index in [-0.39, 0.29) is 11.4 Å². The number of nitriles is 2. The van der Waals surface area contributed by atoms with Crippen LogP contribution in [0.15, 0.2) is 28.2 Å². The van der Waals surface area contributed by atoms with Gasteiger partial charge in [0.15, 0.2) is 0 Å². The van der Waals surface area contributed by atoms with Crippen LogP contribution in [0.1, 0.15) is 6.92 Å². The van der Waals surface area contributed by atoms with E-state index in [9.17, 15) is 13.2 Å². The Morgan fingerprint density at radius 3 is 2.43 bits per heavy atom. The van der Waals surface area contributed by atoms with Crippen LogP contribution in [0, 0.1) is 22.7 Å². The zero-order chi connectivity index (χ0) is 16.0. The van der Waals surface area contributed by atoms with E-state index in [2.05, 4.69) is 15.8 Å². The molecule has 1 aromatic carbocycles. The molecule has 3 N–H and O–H groups in total. The number of hydrogen-bond acceptors (Lipinski definition) is 7. The lowest BCUT2D eigenvalue weighted by molar-refractivity contribution is -0.114. The SMILES string of the molecule is CC(=O)Nc1ccc(S(=O)(=O)O)c(NN=C(C#N)C#N)c1. The average Bonchev–Trinajstić information content (AvgIpc) is 2.38. The lowest BCUT2D eigenvalue weighted by atomic mass is 10.3. The van der Waals surface area contributed by atoms with Gasteiger partial charge in [-0.3, -0.25) is 14.8 Å². The number of hydrogen-bond donors (Lipinski definition) is 3. The summed E-state index contributed by atoms with van der Waals surface area (Å²) in [5, 5.41) is 22.9. The molecule has 0 aliphatic heterocycles. The molecule has 0 saturated heterocycles. The smallest absolute Gasteiger partial charge is 0.296 e. The molecular formula is C11H9N5O4S. The van der Waals surface area contributed by atoms with Crippen LogP contribution in [0.3, 0.4) is 0 Å². The summed E-state index contributed by atoms with van der Waals surface area (Å²) in [4.78, 5) is 10.4. The number of anilines is 2. The highest BCUT2D eigenvalue weighted by atomic mass is 32.2. The number of nitrogens with zero attached hydrogens (tertiary/aromatic N) is 3. The first-order chi connectivity index (χ1) is 9.77. The number of benzene rings is 1. The van der Waals surface area contributed by atoms with Gasteiger partial charge in [0, 0.05) is 12.6 Å². The van der Waals surface area contributed by atoms with E-state index in [4.69, 9.17) is 15.1 Å². The second-order valence-electron chi connectivity index (χ2n) is 3.66. The molecular weight excluding hydrogens is 298 g/mol. The van der Waals surface area contributed by atoms with Crippen molar-refractivity contribution in [2.75, 3.05) is 10.7 Å². The summed E-state index contributed by atoms with van der Waals surface area (Å²) in [7, 11) is -4.55. The maximum Gasteiger partial charge on any atom is 0.296 e. The Hall–Kier alpha value is -2.95. The fraction of sp³-hybridized carbons (Fsp3) is 0.0909. The minimum absolute atomic E-state index is 0.202. The van der Waals surface area contributed by atoms with Crippen molar-refractivity contribution in [3.05, 3.63) is 18.2 Å². The standard InChI is InChI=1S/C11H9N5O4S/c1-7(17)14-8-2-3-11(21(18,19)20)10(4-8)16-15-9(5-12)6-13/h2-4,16H,1H3,(H,14,17)(H,18,19,20). The first-order valence-electron chi connectivity index (χ1n) is 5.31. The molecule has 0 aromatic heterocycles. The molecule has 0 heterocycles. The summed E-state index contributed by atoms with van der Waals surface area (Å²) in [5.41, 5.74) is 1.68. The summed E-state index contributed by atoms with van der Waals surface area (Å²) in [5.74, 6) is -0.390. The first kappa shape index (κ1) is 16.1. The van der Waals surface area contributed by atoms with Crippen molar-refractivity contribution < 1.29 is 17.8 Å². The largest absolute Gasteiger partial charge is 0.326 e. The zero-order valence-electron chi connectivity index (χ0n) is 10.7. The molecule has 1 rings (SSSR count). The van der Waals surface area contributed by atoms with E-state index in [0.717, 1.165) is 6.07 Å². The number of carbonyl (C=O) groups is 1. The maximum absolute atomic E-state index is 11.2. The number of nitrogens with one attached hydrogen (secondary N) is 2. The third kappa shape index (κ3) is 4.58. The van der Waals surface area contributed by atoms with E-state index in [1.165, 1.54) is 31.2 Å². The van der Waals surface area contributed by atoms with Gasteiger partial charge in [-0.2, -0.15) is 24.0 Å². The molecule has 0 bridgehead atoms. The minimum Gasteiger partial charge on any atom is -0.326 e. The van der Waals surface area contributed by atoms with Crippen LogP contribution in [0.25, 0.3) is 0 Å². The van der Waals surface area contributed by atoms with Crippen molar-refractivity contribution in [3.8, 4) is 12.1 Å². The molecule has 0 aliphatic rings. The van der Waals surface area contributed by atoms with Crippen molar-refractivity contribution in [1.29, 1.82) is 10.5 Å². The van der Waals surface area contributed by atoms with Gasteiger partial charge >= 0.3 is 0 Å². The van der Waals surface area contributed by atoms with E-state index in [0.29, 0.717) is 0 Å². The predicted octanol–water partition coefficient (Wildman–Crippen LogP) is 0.707. The van der Waals surface area contributed by atoms with Crippen molar-refractivity contribution in [1.82, 2.24) is 0 Å². The first-order valence-corrected chi connectivity index (χ1v) is 6.75. The molecule has 10 heteroatoms. The molecule has 0 aliphatic carbocycles. The van der Waals surface area contributed by atoms with Crippen molar-refractivity contribution in [2.24, 2.45) is 5.10 Å². The van der Waals surface area contributed by atoms with E-state index < -0.39 is 26.6 Å². The third-order valence-corrected chi connectivity index (χ3v) is 2.99. The second kappa shape index (κ2) is 6.47. The fourth-order valence-electron chi connectivity index (χ4n) is 1.31. The lowest BCUT2D eigenvalue weighted by Crippen LogP contribution is -2.09. The summed E-state index contributed by atoms with van der Waals surface area (Å²) in [6.07, 6.45) is 0. The van der Waals surface area contributed by atoms with Gasteiger partial charge in [0.25, 0.3) is 10.1 Å².